The Labute approximate surface area is 179 Å². The minimum atomic E-state index is 0. The summed E-state index contributed by atoms with van der Waals surface area (Å²) >= 11 is 0. The molecule has 0 bridgehead atoms. The summed E-state index contributed by atoms with van der Waals surface area (Å²) in [5, 5.41) is 0. The van der Waals surface area contributed by atoms with E-state index < -0.39 is 0 Å². The Balaban J connectivity index is 0.00000240. The van der Waals surface area contributed by atoms with E-state index in [1.807, 2.05) is 48.6 Å². The number of hydrogen-bond acceptors (Lipinski definition) is 4. The van der Waals surface area contributed by atoms with Crippen LogP contribution >= 0.6 is 12.4 Å². The second kappa shape index (κ2) is 11.0. The summed E-state index contributed by atoms with van der Waals surface area (Å²) in [6.07, 6.45) is 10.4. The quantitative estimate of drug-likeness (QED) is 0.421. The largest absolute Gasteiger partial charge is 0.494 e. The number of benzene rings is 2. The Bertz CT molecular complexity index is 866. The number of aromatic nitrogens is 1. The number of hydrogen-bond donors (Lipinski definition) is 0. The summed E-state index contributed by atoms with van der Waals surface area (Å²) in [7, 11) is 0. The lowest BCUT2D eigenvalue weighted by Gasteiger charge is -2.26. The van der Waals surface area contributed by atoms with Gasteiger partial charge < -0.3 is 14.1 Å². The van der Waals surface area contributed by atoms with E-state index in [2.05, 4.69) is 22.0 Å². The number of rotatable bonds is 8. The van der Waals surface area contributed by atoms with Crippen molar-refractivity contribution in [1.82, 2.24) is 9.88 Å². The normalized spacial score (nSPS) is 14.9. The number of halogens is 1. The monoisotopic (exact) mass is 412 g/mol. The van der Waals surface area contributed by atoms with Gasteiger partial charge in [-0.15, -0.1) is 12.4 Å². The number of piperidine rings is 1. The number of fused-ring (bicyclic) bond motifs is 1. The molecule has 0 atom stereocenters. The van der Waals surface area contributed by atoms with Crippen molar-refractivity contribution in [2.75, 3.05) is 26.2 Å². The van der Waals surface area contributed by atoms with Gasteiger partial charge >= 0.3 is 0 Å². The molecule has 1 fully saturated rings. The maximum atomic E-state index is 5.88. The van der Waals surface area contributed by atoms with Crippen molar-refractivity contribution in [3.63, 3.8) is 0 Å². The van der Waals surface area contributed by atoms with Gasteiger partial charge in [0.15, 0.2) is 5.58 Å². The Hall–Kier alpha value is -2.30. The van der Waals surface area contributed by atoms with E-state index >= 15 is 0 Å². The molecule has 0 N–H and O–H groups in total. The van der Waals surface area contributed by atoms with Crippen LogP contribution in [0.3, 0.4) is 0 Å². The lowest BCUT2D eigenvalue weighted by atomic mass is 10.1. The molecule has 4 rings (SSSR count). The third-order valence-electron chi connectivity index (χ3n) is 5.19. The molecule has 154 valence electrons. The highest BCUT2D eigenvalue weighted by atomic mass is 35.5. The minimum Gasteiger partial charge on any atom is -0.494 e. The molecule has 0 unspecified atom stereocenters. The first kappa shape index (κ1) is 21.4. The number of likely N-dealkylation sites (tertiary alicyclic amines) is 1. The lowest BCUT2D eigenvalue weighted by Crippen LogP contribution is -2.30. The maximum absolute atomic E-state index is 5.88. The molecule has 0 spiro atoms. The van der Waals surface area contributed by atoms with Gasteiger partial charge in [0.05, 0.1) is 6.61 Å². The van der Waals surface area contributed by atoms with E-state index in [-0.39, 0.29) is 12.4 Å². The van der Waals surface area contributed by atoms with Gasteiger partial charge in [0, 0.05) is 6.08 Å². The van der Waals surface area contributed by atoms with Crippen LogP contribution in [0.15, 0.2) is 52.9 Å². The Morgan fingerprint density at radius 1 is 0.931 bits per heavy atom. The first-order chi connectivity index (χ1) is 13.9. The van der Waals surface area contributed by atoms with Gasteiger partial charge in [0.2, 0.25) is 5.89 Å². The fourth-order valence-electron chi connectivity index (χ4n) is 3.61. The smallest absolute Gasteiger partial charge is 0.220 e. The maximum Gasteiger partial charge on any atom is 0.220 e. The van der Waals surface area contributed by atoms with Gasteiger partial charge in [-0.05, 0) is 81.2 Å². The zero-order valence-electron chi connectivity index (χ0n) is 16.8. The first-order valence-electron chi connectivity index (χ1n) is 10.4. The van der Waals surface area contributed by atoms with Crippen molar-refractivity contribution in [3.05, 3.63) is 60.0 Å². The van der Waals surface area contributed by atoms with Crippen LogP contribution in [-0.4, -0.2) is 36.1 Å². The van der Waals surface area contributed by atoms with Crippen LogP contribution in [0, 0.1) is 0 Å². The number of nitrogens with zero attached hydrogens (tertiary/aromatic N) is 2. The molecule has 0 amide bonds. The predicted molar refractivity (Wildman–Crippen MR) is 122 cm³/mol. The molecule has 1 aliphatic heterocycles. The third kappa shape index (κ3) is 6.34. The zero-order valence-corrected chi connectivity index (χ0v) is 17.6. The summed E-state index contributed by atoms with van der Waals surface area (Å²) in [5.41, 5.74) is 2.79. The van der Waals surface area contributed by atoms with Crippen LogP contribution in [0.2, 0.25) is 0 Å². The van der Waals surface area contributed by atoms with E-state index in [9.17, 15) is 0 Å². The molecule has 0 radical (unpaired) electrons. The van der Waals surface area contributed by atoms with Crippen LogP contribution in [0.25, 0.3) is 23.3 Å². The van der Waals surface area contributed by atoms with Crippen LogP contribution < -0.4 is 4.74 Å². The van der Waals surface area contributed by atoms with Crippen molar-refractivity contribution in [3.8, 4) is 5.75 Å². The standard InChI is InChI=1S/C24H28N2O2.ClH/c1-4-16-26(17-5-1)18-6-7-19-27-21-13-10-20(11-14-21)12-15-24-25-22-8-2-3-9-23(22)28-24;/h2-3,8-15H,1,4-7,16-19H2;1H/b15-12+;. The van der Waals surface area contributed by atoms with Crippen molar-refractivity contribution in [2.24, 2.45) is 0 Å². The molecular formula is C24H29ClN2O2. The van der Waals surface area contributed by atoms with Gasteiger partial charge in [-0.25, -0.2) is 4.98 Å². The minimum absolute atomic E-state index is 0. The van der Waals surface area contributed by atoms with Crippen molar-refractivity contribution < 1.29 is 9.15 Å². The van der Waals surface area contributed by atoms with E-state index in [0.717, 1.165) is 35.4 Å². The van der Waals surface area contributed by atoms with E-state index in [1.165, 1.54) is 45.3 Å². The lowest BCUT2D eigenvalue weighted by molar-refractivity contribution is 0.216. The molecule has 0 saturated carbocycles. The van der Waals surface area contributed by atoms with E-state index in [4.69, 9.17) is 9.15 Å². The number of para-hydroxylation sites is 2. The molecule has 1 aromatic heterocycles. The van der Waals surface area contributed by atoms with Crippen molar-refractivity contribution in [1.29, 1.82) is 0 Å². The second-order valence-corrected chi connectivity index (χ2v) is 7.38. The van der Waals surface area contributed by atoms with Crippen LogP contribution in [0.5, 0.6) is 5.75 Å². The summed E-state index contributed by atoms with van der Waals surface area (Å²) in [5.74, 6) is 1.55. The summed E-state index contributed by atoms with van der Waals surface area (Å²) in [6, 6.07) is 16.0. The van der Waals surface area contributed by atoms with E-state index in [1.54, 1.807) is 0 Å². The van der Waals surface area contributed by atoms with Gasteiger partial charge in [-0.1, -0.05) is 30.7 Å². The molecule has 1 saturated heterocycles. The summed E-state index contributed by atoms with van der Waals surface area (Å²) < 4.78 is 11.6. The predicted octanol–water partition coefficient (Wildman–Crippen LogP) is 6.06. The highest BCUT2D eigenvalue weighted by molar-refractivity contribution is 5.85. The third-order valence-corrected chi connectivity index (χ3v) is 5.19. The second-order valence-electron chi connectivity index (χ2n) is 7.38. The molecule has 5 heteroatoms. The SMILES string of the molecule is C(=C\c1nc2ccccc2o1)/c1ccc(OCCCCN2CCCCC2)cc1.Cl. The number of ether oxygens (including phenoxy) is 1. The fourth-order valence-corrected chi connectivity index (χ4v) is 3.61. The molecule has 1 aliphatic rings. The average molecular weight is 413 g/mol. The van der Waals surface area contributed by atoms with Gasteiger partial charge in [-0.3, -0.25) is 0 Å². The highest BCUT2D eigenvalue weighted by Crippen LogP contribution is 2.18. The van der Waals surface area contributed by atoms with Gasteiger partial charge in [0.25, 0.3) is 0 Å². The fraction of sp³-hybridized carbons (Fsp3) is 0.375. The molecular weight excluding hydrogens is 384 g/mol. The van der Waals surface area contributed by atoms with Crippen molar-refractivity contribution >= 4 is 35.7 Å². The highest BCUT2D eigenvalue weighted by Gasteiger charge is 2.08. The summed E-state index contributed by atoms with van der Waals surface area (Å²) in [6.45, 7) is 4.55. The molecule has 3 aromatic rings. The molecule has 29 heavy (non-hydrogen) atoms. The Morgan fingerprint density at radius 3 is 2.52 bits per heavy atom. The average Bonchev–Trinajstić information content (AvgIpc) is 3.17. The molecule has 4 nitrogen and oxygen atoms in total. The number of unbranched alkanes of at least 4 members (excludes halogenated alkanes) is 1. The van der Waals surface area contributed by atoms with Crippen molar-refractivity contribution in [2.45, 2.75) is 32.1 Å². The Morgan fingerprint density at radius 2 is 1.72 bits per heavy atom. The first-order valence-corrected chi connectivity index (χ1v) is 10.4. The van der Waals surface area contributed by atoms with Crippen LogP contribution in [-0.2, 0) is 0 Å². The Kier molecular flexibility index (Phi) is 8.14. The zero-order chi connectivity index (χ0) is 19.0. The van der Waals surface area contributed by atoms with E-state index in [0.29, 0.717) is 5.89 Å². The number of oxazole rings is 1. The van der Waals surface area contributed by atoms with Crippen LogP contribution in [0.1, 0.15) is 43.6 Å². The van der Waals surface area contributed by atoms with Gasteiger partial charge in [0.1, 0.15) is 11.3 Å². The van der Waals surface area contributed by atoms with Crippen LogP contribution in [0.4, 0.5) is 0 Å². The summed E-state index contributed by atoms with van der Waals surface area (Å²) in [4.78, 5) is 7.04. The molecule has 0 aliphatic carbocycles. The molecule has 2 aromatic carbocycles. The topological polar surface area (TPSA) is 38.5 Å². The van der Waals surface area contributed by atoms with Gasteiger partial charge in [-0.2, -0.15) is 0 Å². The molecule has 2 heterocycles.